The van der Waals surface area contributed by atoms with Gasteiger partial charge in [-0.2, -0.15) is 4.37 Å². The zero-order valence-electron chi connectivity index (χ0n) is 20.4. The normalized spacial score (nSPS) is 11.6. The number of halogens is 1. The molecule has 2 heterocycles. The van der Waals surface area contributed by atoms with Crippen molar-refractivity contribution in [2.75, 3.05) is 17.7 Å². The summed E-state index contributed by atoms with van der Waals surface area (Å²) in [5.41, 5.74) is 11.8. The Kier molecular flexibility index (Phi) is 7.72. The van der Waals surface area contributed by atoms with E-state index >= 15 is 0 Å². The van der Waals surface area contributed by atoms with Gasteiger partial charge in [0.15, 0.2) is 11.7 Å². The van der Waals surface area contributed by atoms with Gasteiger partial charge in [-0.25, -0.2) is 4.39 Å². The number of benzene rings is 2. The fraction of sp³-hybridized carbons (Fsp3) is 0.154. The van der Waals surface area contributed by atoms with Crippen LogP contribution in [0.15, 0.2) is 65.1 Å². The van der Waals surface area contributed by atoms with Gasteiger partial charge in [0.2, 0.25) is 0 Å². The summed E-state index contributed by atoms with van der Waals surface area (Å²) in [7, 11) is 1.55. The summed E-state index contributed by atoms with van der Waals surface area (Å²) in [6, 6.07) is 14.0. The van der Waals surface area contributed by atoms with E-state index < -0.39 is 29.6 Å². The molecule has 4 rings (SSSR count). The van der Waals surface area contributed by atoms with E-state index in [9.17, 15) is 18.8 Å². The molecule has 12 heteroatoms. The first kappa shape index (κ1) is 26.4. The van der Waals surface area contributed by atoms with E-state index in [-0.39, 0.29) is 34.3 Å². The van der Waals surface area contributed by atoms with Crippen molar-refractivity contribution in [1.29, 1.82) is 0 Å². The van der Waals surface area contributed by atoms with Crippen molar-refractivity contribution in [3.05, 3.63) is 94.1 Å². The van der Waals surface area contributed by atoms with Crippen LogP contribution < -0.4 is 26.4 Å². The highest BCUT2D eigenvalue weighted by Crippen LogP contribution is 2.34. The number of hydrogen-bond acceptors (Lipinski definition) is 8. The van der Waals surface area contributed by atoms with Crippen molar-refractivity contribution in [3.8, 4) is 5.75 Å². The van der Waals surface area contributed by atoms with Crippen LogP contribution >= 0.6 is 11.5 Å². The maximum Gasteiger partial charge on any atom is 0.273 e. The number of carbonyl (C=O) groups is 3. The number of carbonyl (C=O) groups excluding carboxylic acids is 3. The molecule has 0 saturated carbocycles. The second-order valence-corrected chi connectivity index (χ2v) is 8.98. The van der Waals surface area contributed by atoms with Gasteiger partial charge in [-0.1, -0.05) is 12.1 Å². The first-order valence-corrected chi connectivity index (χ1v) is 12.1. The topological polar surface area (TPSA) is 154 Å². The highest BCUT2D eigenvalue weighted by atomic mass is 32.1. The molecule has 0 fully saturated rings. The van der Waals surface area contributed by atoms with Crippen LogP contribution in [0.1, 0.15) is 43.3 Å². The van der Waals surface area contributed by atoms with E-state index in [1.807, 2.05) is 0 Å². The van der Waals surface area contributed by atoms with Gasteiger partial charge in [0.25, 0.3) is 17.7 Å². The number of nitrogen functional groups attached to an aromatic ring is 1. The van der Waals surface area contributed by atoms with Gasteiger partial charge in [-0.15, -0.1) is 0 Å². The van der Waals surface area contributed by atoms with Crippen LogP contribution in [0.5, 0.6) is 5.75 Å². The molecule has 0 aliphatic rings. The number of aryl methyl sites for hydroxylation is 1. The van der Waals surface area contributed by atoms with Crippen molar-refractivity contribution >= 4 is 40.6 Å². The highest BCUT2D eigenvalue weighted by molar-refractivity contribution is 7.09. The fourth-order valence-electron chi connectivity index (χ4n) is 3.73. The predicted molar refractivity (Wildman–Crippen MR) is 139 cm³/mol. The molecule has 2 aromatic heterocycles. The van der Waals surface area contributed by atoms with Gasteiger partial charge in [-0.05, 0) is 72.6 Å². The predicted octanol–water partition coefficient (Wildman–Crippen LogP) is 3.58. The molecule has 0 bridgehead atoms. The minimum atomic E-state index is -1.32. The van der Waals surface area contributed by atoms with Crippen molar-refractivity contribution in [2.45, 2.75) is 19.5 Å². The Bertz CT molecular complexity index is 1470. The first-order chi connectivity index (χ1) is 18.2. The molecule has 1 atom stereocenters. The minimum absolute atomic E-state index is 0.112. The van der Waals surface area contributed by atoms with Gasteiger partial charge >= 0.3 is 0 Å². The Balaban J connectivity index is 1.76. The standard InChI is InChI=1S/C26H24FN5O5S/c1-14-3-12-19(37-14)22(25(34)30-13-15-4-10-18(36-2)11-5-15)32(17-8-6-16(27)7-9-17)26(35)23-20(28)21(24(29)33)31-38-23/h3-12,22H,13,28H2,1-2H3,(H2,29,33)(H,30,34). The average molecular weight is 538 g/mol. The lowest BCUT2D eigenvalue weighted by Crippen LogP contribution is -2.43. The van der Waals surface area contributed by atoms with Crippen LogP contribution in [0.2, 0.25) is 0 Å². The summed E-state index contributed by atoms with van der Waals surface area (Å²) >= 11 is 0.667. The molecule has 1 unspecified atom stereocenters. The minimum Gasteiger partial charge on any atom is -0.497 e. The van der Waals surface area contributed by atoms with Crippen LogP contribution in [0, 0.1) is 12.7 Å². The number of nitrogens with zero attached hydrogens (tertiary/aromatic N) is 2. The van der Waals surface area contributed by atoms with Gasteiger partial charge in [0, 0.05) is 12.2 Å². The largest absolute Gasteiger partial charge is 0.497 e. The molecule has 0 radical (unpaired) electrons. The monoisotopic (exact) mass is 537 g/mol. The number of anilines is 2. The maximum absolute atomic E-state index is 13.9. The Morgan fingerprint density at radius 2 is 1.79 bits per heavy atom. The lowest BCUT2D eigenvalue weighted by molar-refractivity contribution is -0.123. The molecule has 196 valence electrons. The fourth-order valence-corrected chi connectivity index (χ4v) is 4.47. The number of methoxy groups -OCH3 is 1. The molecule has 2 aromatic carbocycles. The molecular weight excluding hydrogens is 513 g/mol. The number of rotatable bonds is 9. The average Bonchev–Trinajstić information content (AvgIpc) is 3.51. The molecular formula is C26H24FN5O5S. The second-order valence-electron chi connectivity index (χ2n) is 8.21. The molecule has 0 saturated heterocycles. The summed E-state index contributed by atoms with van der Waals surface area (Å²) < 4.78 is 28.6. The number of nitrogens with two attached hydrogens (primary N) is 2. The Morgan fingerprint density at radius 3 is 2.34 bits per heavy atom. The highest BCUT2D eigenvalue weighted by Gasteiger charge is 2.37. The second kappa shape index (κ2) is 11.1. The number of primary amides is 1. The molecule has 38 heavy (non-hydrogen) atoms. The Labute approximate surface area is 221 Å². The van der Waals surface area contributed by atoms with E-state index in [0.717, 1.165) is 22.6 Å². The summed E-state index contributed by atoms with van der Waals surface area (Å²) in [6.45, 7) is 1.83. The van der Waals surface area contributed by atoms with E-state index in [1.54, 1.807) is 50.4 Å². The SMILES string of the molecule is COc1ccc(CNC(=O)C(c2ccc(C)o2)N(C(=O)c2snc(C(N)=O)c2N)c2ccc(F)cc2)cc1. The molecule has 10 nitrogen and oxygen atoms in total. The van der Waals surface area contributed by atoms with Crippen LogP contribution in [0.4, 0.5) is 15.8 Å². The Hall–Kier alpha value is -4.71. The van der Waals surface area contributed by atoms with Crippen LogP contribution in [0.25, 0.3) is 0 Å². The van der Waals surface area contributed by atoms with Crippen molar-refractivity contribution < 1.29 is 27.9 Å². The number of ether oxygens (including phenoxy) is 1. The van der Waals surface area contributed by atoms with Crippen molar-refractivity contribution in [1.82, 2.24) is 9.69 Å². The van der Waals surface area contributed by atoms with Gasteiger partial charge in [-0.3, -0.25) is 19.3 Å². The molecule has 3 amide bonds. The van der Waals surface area contributed by atoms with Crippen molar-refractivity contribution in [3.63, 3.8) is 0 Å². The van der Waals surface area contributed by atoms with E-state index in [0.29, 0.717) is 23.0 Å². The summed E-state index contributed by atoms with van der Waals surface area (Å²) in [5, 5.41) is 2.82. The lowest BCUT2D eigenvalue weighted by atomic mass is 10.1. The smallest absolute Gasteiger partial charge is 0.273 e. The van der Waals surface area contributed by atoms with Gasteiger partial charge in [0.1, 0.15) is 28.0 Å². The van der Waals surface area contributed by atoms with Crippen molar-refractivity contribution in [2.24, 2.45) is 5.73 Å². The summed E-state index contributed by atoms with van der Waals surface area (Å²) in [4.78, 5) is 40.3. The zero-order valence-corrected chi connectivity index (χ0v) is 21.3. The summed E-state index contributed by atoms with van der Waals surface area (Å²) in [6.07, 6.45) is 0. The van der Waals surface area contributed by atoms with Crippen LogP contribution in [-0.4, -0.2) is 29.2 Å². The number of aromatic nitrogens is 1. The number of nitrogens with one attached hydrogen (secondary N) is 1. The number of hydrogen-bond donors (Lipinski definition) is 3. The van der Waals surface area contributed by atoms with E-state index in [2.05, 4.69) is 9.69 Å². The number of amides is 3. The molecule has 0 aliphatic carbocycles. The molecule has 5 N–H and O–H groups in total. The third kappa shape index (κ3) is 5.49. The molecule has 0 spiro atoms. The molecule has 0 aliphatic heterocycles. The summed E-state index contributed by atoms with van der Waals surface area (Å²) in [5.74, 6) is -1.44. The van der Waals surface area contributed by atoms with Crippen LogP contribution in [0.3, 0.4) is 0 Å². The van der Waals surface area contributed by atoms with Crippen LogP contribution in [-0.2, 0) is 11.3 Å². The lowest BCUT2D eigenvalue weighted by Gasteiger charge is -2.29. The third-order valence-electron chi connectivity index (χ3n) is 5.64. The molecule has 4 aromatic rings. The van der Waals surface area contributed by atoms with Gasteiger partial charge < -0.3 is 25.9 Å². The van der Waals surface area contributed by atoms with E-state index in [4.69, 9.17) is 20.6 Å². The van der Waals surface area contributed by atoms with Gasteiger partial charge in [0.05, 0.1) is 12.8 Å². The Morgan fingerprint density at radius 1 is 1.11 bits per heavy atom. The first-order valence-electron chi connectivity index (χ1n) is 11.3. The van der Waals surface area contributed by atoms with E-state index in [1.165, 1.54) is 12.1 Å². The third-order valence-corrected chi connectivity index (χ3v) is 6.49. The number of furan rings is 1. The quantitative estimate of drug-likeness (QED) is 0.295. The zero-order chi connectivity index (χ0) is 27.4. The maximum atomic E-state index is 13.9.